The molecule has 0 unspecified atom stereocenters. The zero-order valence-corrected chi connectivity index (χ0v) is 62.1. The molecule has 16 aromatic carbocycles. The van der Waals surface area contributed by atoms with Gasteiger partial charge in [-0.3, -0.25) is 0 Å². The average Bonchev–Trinajstić information content (AvgIpc) is 0.765. The fourth-order valence-electron chi connectivity index (χ4n) is 14.0. The van der Waals surface area contributed by atoms with Crippen LogP contribution < -0.4 is 84.9 Å². The molecule has 0 aliphatic heterocycles. The van der Waals surface area contributed by atoms with Crippen LogP contribution in [0.15, 0.2) is 485 Å². The predicted molar refractivity (Wildman–Crippen MR) is 445 cm³/mol. The SMILES string of the molecule is [Pt].c1ccc([P+](c2ccccc2)(c2ccccc2)c2ccccc2)cc1.c1ccc([P+](c2ccccc2)(c2ccccc2)c2ccccc2)cc1.c1ccc([P+](c2ccccc2)(c2ccccc2)c2ccccc2)cc1.c1ccc([P+](c2ccccc2)(c2ccccc2)c2ccccc2)cc1. The molecule has 0 bridgehead atoms. The van der Waals surface area contributed by atoms with Crippen LogP contribution in [0.3, 0.4) is 0 Å². The van der Waals surface area contributed by atoms with Gasteiger partial charge in [0.05, 0.1) is 0 Å². The van der Waals surface area contributed by atoms with Crippen LogP contribution in [0.25, 0.3) is 0 Å². The van der Waals surface area contributed by atoms with Gasteiger partial charge in [-0.15, -0.1) is 0 Å². The van der Waals surface area contributed by atoms with Crippen molar-refractivity contribution in [1.29, 1.82) is 0 Å². The van der Waals surface area contributed by atoms with Crippen molar-refractivity contribution < 1.29 is 21.1 Å². The van der Waals surface area contributed by atoms with Gasteiger partial charge in [0.25, 0.3) is 0 Å². The third-order valence-electron chi connectivity index (χ3n) is 18.3. The van der Waals surface area contributed by atoms with Crippen LogP contribution in [-0.2, 0) is 21.1 Å². The first kappa shape index (κ1) is 70.8. The molecule has 0 heterocycles. The van der Waals surface area contributed by atoms with E-state index in [9.17, 15) is 0 Å². The topological polar surface area (TPSA) is 0 Å². The Labute approximate surface area is 615 Å². The second-order valence-corrected chi connectivity index (χ2v) is 37.7. The molecule has 0 amide bonds. The number of rotatable bonds is 16. The Balaban J connectivity index is 0.000000127. The van der Waals surface area contributed by atoms with E-state index in [0.717, 1.165) is 0 Å². The van der Waals surface area contributed by atoms with Crippen LogP contribution in [-0.4, -0.2) is 0 Å². The van der Waals surface area contributed by atoms with Gasteiger partial charge in [-0.2, -0.15) is 0 Å². The summed E-state index contributed by atoms with van der Waals surface area (Å²) >= 11 is 0. The van der Waals surface area contributed by atoms with Gasteiger partial charge in [-0.1, -0.05) is 291 Å². The Kier molecular flexibility index (Phi) is 24.7. The molecule has 5 heteroatoms. The first-order chi connectivity index (χ1) is 49.7. The van der Waals surface area contributed by atoms with Crippen molar-refractivity contribution in [3.63, 3.8) is 0 Å². The van der Waals surface area contributed by atoms with Gasteiger partial charge in [0.1, 0.15) is 114 Å². The van der Waals surface area contributed by atoms with E-state index >= 15 is 0 Å². The molecule has 0 spiro atoms. The van der Waals surface area contributed by atoms with E-state index in [2.05, 4.69) is 485 Å². The maximum atomic E-state index is 2.28. The summed E-state index contributed by atoms with van der Waals surface area (Å²) in [5.74, 6) is 0. The van der Waals surface area contributed by atoms with Crippen LogP contribution in [0, 0.1) is 0 Å². The van der Waals surface area contributed by atoms with Gasteiger partial charge in [0.2, 0.25) is 0 Å². The van der Waals surface area contributed by atoms with E-state index in [-0.39, 0.29) is 21.1 Å². The summed E-state index contributed by atoms with van der Waals surface area (Å²) in [6, 6.07) is 175. The molecule has 0 radical (unpaired) electrons. The van der Waals surface area contributed by atoms with E-state index in [0.29, 0.717) is 0 Å². The van der Waals surface area contributed by atoms with Crippen molar-refractivity contribution in [1.82, 2.24) is 0 Å². The Morgan fingerprint density at radius 2 is 0.129 bits per heavy atom. The maximum absolute atomic E-state index is 2.28. The Bertz CT molecular complexity index is 3670. The first-order valence-electron chi connectivity index (χ1n) is 34.1. The Hall–Kier alpha value is -10.1. The summed E-state index contributed by atoms with van der Waals surface area (Å²) in [6.45, 7) is 0. The molecule has 0 aromatic heterocycles. The van der Waals surface area contributed by atoms with Gasteiger partial charge in [0.15, 0.2) is 0 Å². The van der Waals surface area contributed by atoms with Gasteiger partial charge in [-0.25, -0.2) is 0 Å². The van der Waals surface area contributed by atoms with E-state index in [1.165, 1.54) is 84.9 Å². The summed E-state index contributed by atoms with van der Waals surface area (Å²) in [7, 11) is -7.62. The Morgan fingerprint density at radius 1 is 0.0792 bits per heavy atom. The molecular formula is C96H80P4Pt+4. The molecule has 0 aliphatic rings. The summed E-state index contributed by atoms with van der Waals surface area (Å²) in [5, 5.41) is 22.2. The van der Waals surface area contributed by atoms with Gasteiger partial charge in [-0.05, 0) is 194 Å². The monoisotopic (exact) mass is 1550 g/mol. The molecule has 0 fully saturated rings. The quantitative estimate of drug-likeness (QED) is 0.0846. The van der Waals surface area contributed by atoms with Crippen LogP contribution in [0.4, 0.5) is 0 Å². The molecule has 16 rings (SSSR count). The van der Waals surface area contributed by atoms with Gasteiger partial charge in [0, 0.05) is 21.1 Å². The summed E-state index contributed by atoms with van der Waals surface area (Å²) in [6.07, 6.45) is 0. The van der Waals surface area contributed by atoms with Crippen LogP contribution >= 0.6 is 29.0 Å². The number of hydrogen-bond acceptors (Lipinski definition) is 0. The second kappa shape index (κ2) is 35.3. The normalized spacial score (nSPS) is 11.1. The average molecular weight is 1550 g/mol. The molecule has 0 nitrogen and oxygen atoms in total. The van der Waals surface area contributed by atoms with E-state index in [4.69, 9.17) is 0 Å². The molecular weight excluding hydrogens is 1470 g/mol. The Morgan fingerprint density at radius 3 is 0.178 bits per heavy atom. The van der Waals surface area contributed by atoms with Crippen molar-refractivity contribution in [3.05, 3.63) is 485 Å². The van der Waals surface area contributed by atoms with Crippen LogP contribution in [0.2, 0.25) is 0 Å². The molecule has 0 N–H and O–H groups in total. The fourth-order valence-corrected chi connectivity index (χ4v) is 31.1. The molecule has 0 aliphatic carbocycles. The predicted octanol–water partition coefficient (Wildman–Crippen LogP) is 17.2. The van der Waals surface area contributed by atoms with Crippen LogP contribution in [0.5, 0.6) is 0 Å². The van der Waals surface area contributed by atoms with Crippen molar-refractivity contribution >= 4 is 114 Å². The van der Waals surface area contributed by atoms with Crippen molar-refractivity contribution in [2.75, 3.05) is 0 Å². The van der Waals surface area contributed by atoms with Crippen LogP contribution in [0.1, 0.15) is 0 Å². The van der Waals surface area contributed by atoms with Gasteiger partial charge < -0.3 is 0 Å². The summed E-state index contributed by atoms with van der Waals surface area (Å²) in [4.78, 5) is 0. The van der Waals surface area contributed by atoms with Crippen molar-refractivity contribution in [2.24, 2.45) is 0 Å². The van der Waals surface area contributed by atoms with E-state index < -0.39 is 29.0 Å². The third kappa shape index (κ3) is 15.2. The minimum atomic E-state index is -1.91. The molecule has 0 saturated heterocycles. The molecule has 0 saturated carbocycles. The summed E-state index contributed by atoms with van der Waals surface area (Å²) < 4.78 is 0. The number of benzene rings is 16. The van der Waals surface area contributed by atoms with Crippen molar-refractivity contribution in [3.8, 4) is 0 Å². The first-order valence-corrected chi connectivity index (χ1v) is 41.3. The second-order valence-electron chi connectivity index (χ2n) is 24.1. The minimum absolute atomic E-state index is 0. The largest absolute Gasteiger partial charge is 0.144 e. The fraction of sp³-hybridized carbons (Fsp3) is 0. The third-order valence-corrected chi connectivity index (χ3v) is 35.5. The molecule has 16 aromatic rings. The summed E-state index contributed by atoms with van der Waals surface area (Å²) in [5.41, 5.74) is 0. The smallest absolute Gasteiger partial charge is 0.0620 e. The van der Waals surface area contributed by atoms with E-state index in [1.807, 2.05) is 0 Å². The standard InChI is InChI=1S/4C24H20P.Pt/c4*1-5-13-21(14-6-1)25(22-15-7-2-8-16-22,23-17-9-3-10-18-23)24-19-11-4-12-20-24;/h4*1-20H;/q4*+1;. The molecule has 101 heavy (non-hydrogen) atoms. The van der Waals surface area contributed by atoms with Gasteiger partial charge >= 0.3 is 0 Å². The molecule has 490 valence electrons. The zero-order valence-electron chi connectivity index (χ0n) is 56.3. The number of hydrogen-bond donors (Lipinski definition) is 0. The zero-order chi connectivity index (χ0) is 67.8. The maximum Gasteiger partial charge on any atom is 0.144 e. The molecule has 0 atom stereocenters. The van der Waals surface area contributed by atoms with E-state index in [1.54, 1.807) is 0 Å². The van der Waals surface area contributed by atoms with Crippen molar-refractivity contribution in [2.45, 2.75) is 0 Å². The minimum Gasteiger partial charge on any atom is -0.0620 e.